The fraction of sp³-hybridized carbons (Fsp3) is 0.478. The summed E-state index contributed by atoms with van der Waals surface area (Å²) in [6.07, 6.45) is 6.03. The number of nitrogens with zero attached hydrogens (tertiary/aromatic N) is 3. The average molecular weight is 447 g/mol. The van der Waals surface area contributed by atoms with E-state index in [1.54, 1.807) is 6.20 Å². The van der Waals surface area contributed by atoms with Crippen molar-refractivity contribution in [1.82, 2.24) is 9.88 Å². The second-order valence-corrected chi connectivity index (χ2v) is 9.32. The first-order valence-corrected chi connectivity index (χ1v) is 11.4. The first kappa shape index (κ1) is 21.6. The number of aromatic nitrogens is 1. The molecule has 5 nitrogen and oxygen atoms in total. The van der Waals surface area contributed by atoms with Gasteiger partial charge in [-0.05, 0) is 75.1 Å². The number of hydrogen-bond acceptors (Lipinski definition) is 4. The van der Waals surface area contributed by atoms with Crippen molar-refractivity contribution in [2.24, 2.45) is 5.73 Å². The maximum Gasteiger partial charge on any atom is 0.228 e. The lowest BCUT2D eigenvalue weighted by atomic mass is 9.71. The van der Waals surface area contributed by atoms with Crippen molar-refractivity contribution in [2.75, 3.05) is 31.1 Å². The highest BCUT2D eigenvalue weighted by molar-refractivity contribution is 6.42. The standard InChI is InChI=1S/C23H28Cl2N4O/c24-19-5-4-17(15-20(19)25)23(10-14-28-12-7-18(26)8-13-28)9-6-22(30)29(16-23)21-3-1-2-11-27-21/h1-5,11,15,18H,6-10,12-14,16,26H2. The fourth-order valence-electron chi connectivity index (χ4n) is 4.63. The molecule has 2 fully saturated rings. The number of rotatable bonds is 5. The molecular weight excluding hydrogens is 419 g/mol. The number of benzene rings is 1. The van der Waals surface area contributed by atoms with Gasteiger partial charge in [-0.15, -0.1) is 0 Å². The van der Waals surface area contributed by atoms with Crippen LogP contribution in [0.15, 0.2) is 42.6 Å². The zero-order valence-corrected chi connectivity index (χ0v) is 18.6. The summed E-state index contributed by atoms with van der Waals surface area (Å²) in [6, 6.07) is 11.9. The second-order valence-electron chi connectivity index (χ2n) is 8.51. The van der Waals surface area contributed by atoms with Gasteiger partial charge in [-0.25, -0.2) is 4.98 Å². The monoisotopic (exact) mass is 446 g/mol. The van der Waals surface area contributed by atoms with Gasteiger partial charge >= 0.3 is 0 Å². The van der Waals surface area contributed by atoms with Gasteiger partial charge in [-0.2, -0.15) is 0 Å². The van der Waals surface area contributed by atoms with Gasteiger partial charge in [0.25, 0.3) is 0 Å². The SMILES string of the molecule is NC1CCN(CCC2(c3ccc(Cl)c(Cl)c3)CCC(=O)N(c3ccccn3)C2)CC1. The molecule has 0 radical (unpaired) electrons. The molecule has 2 aliphatic rings. The molecule has 1 aromatic carbocycles. The first-order chi connectivity index (χ1) is 14.5. The van der Waals surface area contributed by atoms with Gasteiger partial charge in [0.2, 0.25) is 5.91 Å². The Labute approximate surface area is 188 Å². The van der Waals surface area contributed by atoms with Crippen LogP contribution in [-0.2, 0) is 10.2 Å². The maximum atomic E-state index is 12.8. The van der Waals surface area contributed by atoms with Gasteiger partial charge < -0.3 is 10.6 Å². The summed E-state index contributed by atoms with van der Waals surface area (Å²) in [4.78, 5) is 21.5. The second kappa shape index (κ2) is 9.23. The van der Waals surface area contributed by atoms with Crippen LogP contribution < -0.4 is 10.6 Å². The molecular formula is C23H28Cl2N4O. The van der Waals surface area contributed by atoms with Crippen LogP contribution in [-0.4, -0.2) is 48.0 Å². The summed E-state index contributed by atoms with van der Waals surface area (Å²) in [5, 5.41) is 1.10. The Morgan fingerprint density at radius 2 is 1.93 bits per heavy atom. The van der Waals surface area contributed by atoms with Crippen LogP contribution in [0, 0.1) is 0 Å². The summed E-state index contributed by atoms with van der Waals surface area (Å²) in [5.74, 6) is 0.823. The number of hydrogen-bond donors (Lipinski definition) is 1. The Kier molecular flexibility index (Phi) is 6.63. The van der Waals surface area contributed by atoms with Crippen molar-refractivity contribution in [3.63, 3.8) is 0 Å². The van der Waals surface area contributed by atoms with E-state index in [1.165, 1.54) is 0 Å². The number of carbonyl (C=O) groups excluding carboxylic acids is 1. The predicted molar refractivity (Wildman–Crippen MR) is 122 cm³/mol. The van der Waals surface area contributed by atoms with Crippen LogP contribution in [0.2, 0.25) is 10.0 Å². The molecule has 2 aliphatic heterocycles. The Morgan fingerprint density at radius 3 is 2.63 bits per heavy atom. The minimum Gasteiger partial charge on any atom is -0.328 e. The molecule has 2 saturated heterocycles. The molecule has 30 heavy (non-hydrogen) atoms. The molecule has 7 heteroatoms. The van der Waals surface area contributed by atoms with Crippen LogP contribution in [0.4, 0.5) is 5.82 Å². The van der Waals surface area contributed by atoms with Crippen LogP contribution in [0.5, 0.6) is 0 Å². The topological polar surface area (TPSA) is 62.5 Å². The lowest BCUT2D eigenvalue weighted by molar-refractivity contribution is -0.120. The van der Waals surface area contributed by atoms with Crippen molar-refractivity contribution in [3.05, 3.63) is 58.2 Å². The summed E-state index contributed by atoms with van der Waals surface area (Å²) in [7, 11) is 0. The molecule has 0 saturated carbocycles. The molecule has 1 unspecified atom stereocenters. The number of anilines is 1. The molecule has 2 aromatic rings. The molecule has 0 spiro atoms. The van der Waals surface area contributed by atoms with Crippen LogP contribution in [0.25, 0.3) is 0 Å². The Balaban J connectivity index is 1.62. The summed E-state index contributed by atoms with van der Waals surface area (Å²) < 4.78 is 0. The number of likely N-dealkylation sites (tertiary alicyclic amines) is 1. The number of pyridine rings is 1. The number of nitrogens with two attached hydrogens (primary N) is 1. The smallest absolute Gasteiger partial charge is 0.228 e. The molecule has 1 amide bonds. The van der Waals surface area contributed by atoms with Gasteiger partial charge in [0.15, 0.2) is 0 Å². The molecule has 1 aromatic heterocycles. The molecule has 3 heterocycles. The molecule has 2 N–H and O–H groups in total. The van der Waals surface area contributed by atoms with Crippen molar-refractivity contribution >= 4 is 34.9 Å². The lowest BCUT2D eigenvalue weighted by Crippen LogP contribution is -2.51. The van der Waals surface area contributed by atoms with E-state index in [4.69, 9.17) is 28.9 Å². The van der Waals surface area contributed by atoms with E-state index in [0.717, 1.165) is 50.9 Å². The average Bonchev–Trinajstić information content (AvgIpc) is 2.77. The zero-order valence-electron chi connectivity index (χ0n) is 17.1. The van der Waals surface area contributed by atoms with Gasteiger partial charge in [0.05, 0.1) is 10.0 Å². The van der Waals surface area contributed by atoms with E-state index in [2.05, 4.69) is 16.0 Å². The largest absolute Gasteiger partial charge is 0.328 e. The Hall–Kier alpha value is -1.66. The fourth-order valence-corrected chi connectivity index (χ4v) is 4.93. The zero-order chi connectivity index (χ0) is 21.1. The van der Waals surface area contributed by atoms with E-state index in [-0.39, 0.29) is 11.3 Å². The quantitative estimate of drug-likeness (QED) is 0.744. The van der Waals surface area contributed by atoms with Gasteiger partial charge in [0.1, 0.15) is 5.82 Å². The van der Waals surface area contributed by atoms with Crippen LogP contribution >= 0.6 is 23.2 Å². The Morgan fingerprint density at radius 1 is 1.13 bits per heavy atom. The summed E-state index contributed by atoms with van der Waals surface area (Å²) in [6.45, 7) is 3.62. The minimum absolute atomic E-state index is 0.119. The van der Waals surface area contributed by atoms with Crippen LogP contribution in [0.3, 0.4) is 0 Å². The van der Waals surface area contributed by atoms with E-state index in [1.807, 2.05) is 35.2 Å². The molecule has 1 atom stereocenters. The Bertz CT molecular complexity index is 886. The van der Waals surface area contributed by atoms with E-state index in [9.17, 15) is 4.79 Å². The van der Waals surface area contributed by atoms with Crippen molar-refractivity contribution in [2.45, 2.75) is 43.6 Å². The van der Waals surface area contributed by atoms with Gasteiger partial charge in [0, 0.05) is 30.6 Å². The molecule has 4 rings (SSSR count). The van der Waals surface area contributed by atoms with E-state index < -0.39 is 0 Å². The highest BCUT2D eigenvalue weighted by Crippen LogP contribution is 2.41. The van der Waals surface area contributed by atoms with Gasteiger partial charge in [-0.3, -0.25) is 9.69 Å². The summed E-state index contributed by atoms with van der Waals surface area (Å²) >= 11 is 12.6. The molecule has 0 bridgehead atoms. The number of halogens is 2. The number of carbonyl (C=O) groups is 1. The third kappa shape index (κ3) is 4.65. The number of piperidine rings is 2. The number of amides is 1. The van der Waals surface area contributed by atoms with Crippen molar-refractivity contribution in [3.8, 4) is 0 Å². The lowest BCUT2D eigenvalue weighted by Gasteiger charge is -2.44. The van der Waals surface area contributed by atoms with Crippen molar-refractivity contribution in [1.29, 1.82) is 0 Å². The summed E-state index contributed by atoms with van der Waals surface area (Å²) in [5.41, 5.74) is 7.02. The predicted octanol–water partition coefficient (Wildman–Crippen LogP) is 4.27. The molecule has 0 aliphatic carbocycles. The van der Waals surface area contributed by atoms with Crippen LogP contribution in [0.1, 0.15) is 37.7 Å². The normalized spacial score (nSPS) is 23.7. The third-order valence-corrected chi connectivity index (χ3v) is 7.31. The minimum atomic E-state index is -0.195. The van der Waals surface area contributed by atoms with E-state index >= 15 is 0 Å². The highest BCUT2D eigenvalue weighted by atomic mass is 35.5. The first-order valence-electron chi connectivity index (χ1n) is 10.6. The van der Waals surface area contributed by atoms with E-state index in [0.29, 0.717) is 34.9 Å². The highest BCUT2D eigenvalue weighted by Gasteiger charge is 2.41. The third-order valence-electron chi connectivity index (χ3n) is 6.58. The van der Waals surface area contributed by atoms with Crippen molar-refractivity contribution < 1.29 is 4.79 Å². The van der Waals surface area contributed by atoms with Gasteiger partial charge in [-0.1, -0.05) is 35.3 Å². The molecule has 160 valence electrons. The maximum absolute atomic E-state index is 12.8.